The van der Waals surface area contributed by atoms with Crippen molar-refractivity contribution in [2.24, 2.45) is 5.73 Å². The molecular formula is C9H7F4NS. The second kappa shape index (κ2) is 4.14. The average molecular weight is 237 g/mol. The van der Waals surface area contributed by atoms with Crippen LogP contribution in [0.2, 0.25) is 0 Å². The van der Waals surface area contributed by atoms with E-state index in [0.29, 0.717) is 12.1 Å². The van der Waals surface area contributed by atoms with Crippen molar-refractivity contribution >= 4 is 17.2 Å². The number of hydrogen-bond acceptors (Lipinski definition) is 1. The van der Waals surface area contributed by atoms with E-state index in [1.807, 2.05) is 0 Å². The van der Waals surface area contributed by atoms with Gasteiger partial charge in [0.2, 0.25) is 0 Å². The van der Waals surface area contributed by atoms with Crippen molar-refractivity contribution in [3.05, 3.63) is 35.1 Å². The van der Waals surface area contributed by atoms with Crippen LogP contribution in [-0.4, -0.2) is 4.99 Å². The van der Waals surface area contributed by atoms with Gasteiger partial charge in [0.1, 0.15) is 5.82 Å². The molecule has 0 saturated carbocycles. The molecule has 0 aliphatic heterocycles. The molecule has 0 heterocycles. The molecule has 0 bridgehead atoms. The fourth-order valence-corrected chi connectivity index (χ4v) is 1.23. The van der Waals surface area contributed by atoms with Gasteiger partial charge in [0.15, 0.2) is 0 Å². The molecule has 0 aliphatic rings. The number of hydrogen-bond donors (Lipinski definition) is 1. The van der Waals surface area contributed by atoms with E-state index in [2.05, 4.69) is 12.2 Å². The quantitative estimate of drug-likeness (QED) is 0.632. The monoisotopic (exact) mass is 237 g/mol. The van der Waals surface area contributed by atoms with Gasteiger partial charge < -0.3 is 5.73 Å². The van der Waals surface area contributed by atoms with Crippen LogP contribution in [-0.2, 0) is 12.6 Å². The lowest BCUT2D eigenvalue weighted by Gasteiger charge is -2.09. The summed E-state index contributed by atoms with van der Waals surface area (Å²) in [6.45, 7) is 0. The summed E-state index contributed by atoms with van der Waals surface area (Å²) in [5, 5.41) is 0. The Bertz CT molecular complexity index is 386. The molecule has 0 spiro atoms. The molecule has 0 fully saturated rings. The first-order valence-corrected chi connectivity index (χ1v) is 4.35. The summed E-state index contributed by atoms with van der Waals surface area (Å²) in [6.07, 6.45) is -4.66. The van der Waals surface area contributed by atoms with E-state index in [1.54, 1.807) is 0 Å². The van der Waals surface area contributed by atoms with E-state index >= 15 is 0 Å². The van der Waals surface area contributed by atoms with Crippen molar-refractivity contribution in [1.82, 2.24) is 0 Å². The van der Waals surface area contributed by atoms with Gasteiger partial charge in [-0.1, -0.05) is 12.2 Å². The summed E-state index contributed by atoms with van der Waals surface area (Å²) < 4.78 is 49.8. The first-order chi connectivity index (χ1) is 6.80. The Kier molecular flexibility index (Phi) is 3.28. The Balaban J connectivity index is 3.11. The molecule has 82 valence electrons. The van der Waals surface area contributed by atoms with Crippen LogP contribution in [0.4, 0.5) is 17.6 Å². The third-order valence-corrected chi connectivity index (χ3v) is 1.88. The predicted molar refractivity (Wildman–Crippen MR) is 51.9 cm³/mol. The summed E-state index contributed by atoms with van der Waals surface area (Å²) in [6, 6.07) is 2.16. The number of alkyl halides is 3. The zero-order valence-corrected chi connectivity index (χ0v) is 8.25. The van der Waals surface area contributed by atoms with Crippen LogP contribution >= 0.6 is 12.2 Å². The lowest BCUT2D eigenvalue weighted by molar-refractivity contribution is -0.137. The molecule has 1 nitrogen and oxygen atoms in total. The lowest BCUT2D eigenvalue weighted by atomic mass is 10.1. The zero-order chi connectivity index (χ0) is 11.6. The third-order valence-electron chi connectivity index (χ3n) is 1.74. The van der Waals surface area contributed by atoms with Gasteiger partial charge >= 0.3 is 6.18 Å². The maximum absolute atomic E-state index is 13.0. The first-order valence-electron chi connectivity index (χ1n) is 3.94. The maximum Gasteiger partial charge on any atom is 0.416 e. The Hall–Kier alpha value is -1.17. The van der Waals surface area contributed by atoms with Crippen LogP contribution in [0.15, 0.2) is 18.2 Å². The normalized spacial score (nSPS) is 11.5. The van der Waals surface area contributed by atoms with Gasteiger partial charge in [-0.05, 0) is 23.8 Å². The van der Waals surface area contributed by atoms with E-state index < -0.39 is 17.6 Å². The summed E-state index contributed by atoms with van der Waals surface area (Å²) in [5.74, 6) is -0.740. The van der Waals surface area contributed by atoms with Crippen LogP contribution in [0, 0.1) is 5.82 Å². The van der Waals surface area contributed by atoms with Crippen molar-refractivity contribution in [2.75, 3.05) is 0 Å². The van der Waals surface area contributed by atoms with Crippen LogP contribution in [0.25, 0.3) is 0 Å². The molecule has 0 atom stereocenters. The van der Waals surface area contributed by atoms with Gasteiger partial charge in [-0.2, -0.15) is 13.2 Å². The van der Waals surface area contributed by atoms with Crippen molar-refractivity contribution in [2.45, 2.75) is 12.6 Å². The molecule has 0 aliphatic carbocycles. The number of rotatable bonds is 2. The fraction of sp³-hybridized carbons (Fsp3) is 0.222. The van der Waals surface area contributed by atoms with Crippen LogP contribution < -0.4 is 5.73 Å². The second-order valence-corrected chi connectivity index (χ2v) is 3.47. The minimum Gasteiger partial charge on any atom is -0.393 e. The Morgan fingerprint density at radius 3 is 2.40 bits per heavy atom. The number of thiocarbonyl (C=S) groups is 1. The van der Waals surface area contributed by atoms with E-state index in [-0.39, 0.29) is 17.0 Å². The second-order valence-electron chi connectivity index (χ2n) is 2.95. The highest BCUT2D eigenvalue weighted by atomic mass is 32.1. The minimum absolute atomic E-state index is 0.0479. The lowest BCUT2D eigenvalue weighted by Crippen LogP contribution is -2.13. The summed E-state index contributed by atoms with van der Waals surface area (Å²) in [4.78, 5) is -0.0479. The van der Waals surface area contributed by atoms with Crippen molar-refractivity contribution < 1.29 is 17.6 Å². The van der Waals surface area contributed by atoms with E-state index in [4.69, 9.17) is 5.73 Å². The zero-order valence-electron chi connectivity index (χ0n) is 7.44. The number of halogens is 4. The predicted octanol–water partition coefficient (Wildman–Crippen LogP) is 2.67. The summed E-state index contributed by atoms with van der Waals surface area (Å²) >= 11 is 4.50. The SMILES string of the molecule is NC(=S)Cc1cc(C(F)(F)F)ccc1F. The Morgan fingerprint density at radius 2 is 1.93 bits per heavy atom. The molecular weight excluding hydrogens is 230 g/mol. The molecule has 0 saturated heterocycles. The standard InChI is InChI=1S/C9H7F4NS/c10-7-2-1-6(9(11,12)13)3-5(7)4-8(14)15/h1-3H,4H2,(H2,14,15). The highest BCUT2D eigenvalue weighted by molar-refractivity contribution is 7.80. The fourth-order valence-electron chi connectivity index (χ4n) is 1.07. The Labute approximate surface area is 88.9 Å². The molecule has 0 unspecified atom stereocenters. The van der Waals surface area contributed by atoms with Crippen molar-refractivity contribution in [3.63, 3.8) is 0 Å². The van der Waals surface area contributed by atoms with Crippen LogP contribution in [0.1, 0.15) is 11.1 Å². The molecule has 6 heteroatoms. The van der Waals surface area contributed by atoms with E-state index in [0.717, 1.165) is 6.07 Å². The van der Waals surface area contributed by atoms with Crippen LogP contribution in [0.5, 0.6) is 0 Å². The molecule has 1 rings (SSSR count). The Morgan fingerprint density at radius 1 is 1.33 bits per heavy atom. The first kappa shape index (κ1) is 11.9. The van der Waals surface area contributed by atoms with Crippen LogP contribution in [0.3, 0.4) is 0 Å². The molecule has 0 amide bonds. The van der Waals surface area contributed by atoms with Crippen molar-refractivity contribution in [3.8, 4) is 0 Å². The molecule has 15 heavy (non-hydrogen) atoms. The maximum atomic E-state index is 13.0. The molecule has 2 N–H and O–H groups in total. The highest BCUT2D eigenvalue weighted by Gasteiger charge is 2.31. The van der Waals surface area contributed by atoms with Gasteiger partial charge in [-0.25, -0.2) is 4.39 Å². The van der Waals surface area contributed by atoms with Gasteiger partial charge in [0.05, 0.1) is 10.6 Å². The van der Waals surface area contributed by atoms with Gasteiger partial charge in [0, 0.05) is 6.42 Å². The number of nitrogens with two attached hydrogens (primary N) is 1. The van der Waals surface area contributed by atoms with E-state index in [1.165, 1.54) is 0 Å². The highest BCUT2D eigenvalue weighted by Crippen LogP contribution is 2.30. The van der Waals surface area contributed by atoms with Gasteiger partial charge in [0.25, 0.3) is 0 Å². The van der Waals surface area contributed by atoms with Gasteiger partial charge in [-0.15, -0.1) is 0 Å². The molecule has 0 radical (unpaired) electrons. The molecule has 0 aromatic heterocycles. The summed E-state index contributed by atoms with van der Waals surface area (Å²) in [7, 11) is 0. The molecule has 1 aromatic carbocycles. The smallest absolute Gasteiger partial charge is 0.393 e. The topological polar surface area (TPSA) is 26.0 Å². The largest absolute Gasteiger partial charge is 0.416 e. The third kappa shape index (κ3) is 3.16. The summed E-state index contributed by atoms with van der Waals surface area (Å²) in [5.41, 5.74) is 4.09. The van der Waals surface area contributed by atoms with Gasteiger partial charge in [-0.3, -0.25) is 0 Å². The minimum atomic E-state index is -4.49. The molecule has 1 aromatic rings. The number of benzene rings is 1. The average Bonchev–Trinajstić information content (AvgIpc) is 2.06. The van der Waals surface area contributed by atoms with E-state index in [9.17, 15) is 17.6 Å². The van der Waals surface area contributed by atoms with Crippen molar-refractivity contribution in [1.29, 1.82) is 0 Å².